The highest BCUT2D eigenvalue weighted by molar-refractivity contribution is 6.32. The molecular formula is C31H37ClN2O4. The molecule has 0 aliphatic heterocycles. The number of benzene rings is 3. The average molecular weight is 537 g/mol. The van der Waals surface area contributed by atoms with Gasteiger partial charge in [0.05, 0.1) is 7.11 Å². The van der Waals surface area contributed by atoms with Gasteiger partial charge in [0.1, 0.15) is 17.5 Å². The molecule has 0 aliphatic carbocycles. The Morgan fingerprint density at radius 1 is 0.947 bits per heavy atom. The molecule has 38 heavy (non-hydrogen) atoms. The number of unbranched alkanes of at least 4 members (excludes halogenated alkanes) is 1. The monoisotopic (exact) mass is 536 g/mol. The summed E-state index contributed by atoms with van der Waals surface area (Å²) >= 11 is 6.30. The maximum Gasteiger partial charge on any atom is 0.261 e. The summed E-state index contributed by atoms with van der Waals surface area (Å²) in [5, 5.41) is 3.71. The second-order valence-electron chi connectivity index (χ2n) is 9.38. The molecule has 1 unspecified atom stereocenters. The van der Waals surface area contributed by atoms with Crippen LogP contribution in [0.1, 0.15) is 42.0 Å². The summed E-state index contributed by atoms with van der Waals surface area (Å²) in [5.41, 5.74) is 3.57. The SMILES string of the molecule is CCCCNC(=O)C(Cc1ccccc1)N(Cc1cccc(OC)c1)C(=O)COc1cc(C)c(Cl)c(C)c1. The van der Waals surface area contributed by atoms with E-state index in [1.54, 1.807) is 12.0 Å². The Labute approximate surface area is 230 Å². The summed E-state index contributed by atoms with van der Waals surface area (Å²) in [6.07, 6.45) is 2.21. The molecule has 0 saturated carbocycles. The number of hydrogen-bond donors (Lipinski definition) is 1. The van der Waals surface area contributed by atoms with Crippen LogP contribution in [0, 0.1) is 13.8 Å². The van der Waals surface area contributed by atoms with E-state index < -0.39 is 6.04 Å². The number of halogens is 1. The van der Waals surface area contributed by atoms with E-state index in [1.807, 2.05) is 80.6 Å². The van der Waals surface area contributed by atoms with Crippen molar-refractivity contribution < 1.29 is 19.1 Å². The zero-order valence-corrected chi connectivity index (χ0v) is 23.4. The van der Waals surface area contributed by atoms with Gasteiger partial charge in [-0.15, -0.1) is 0 Å². The summed E-state index contributed by atoms with van der Waals surface area (Å²) in [6.45, 7) is 6.45. The van der Waals surface area contributed by atoms with Gasteiger partial charge in [-0.25, -0.2) is 0 Å². The molecule has 0 fully saturated rings. The summed E-state index contributed by atoms with van der Waals surface area (Å²) < 4.78 is 11.3. The molecular weight excluding hydrogens is 500 g/mol. The fraction of sp³-hybridized carbons (Fsp3) is 0.355. The van der Waals surface area contributed by atoms with Gasteiger partial charge in [-0.2, -0.15) is 0 Å². The van der Waals surface area contributed by atoms with Gasteiger partial charge in [0.2, 0.25) is 5.91 Å². The van der Waals surface area contributed by atoms with Gasteiger partial charge in [0.15, 0.2) is 6.61 Å². The number of nitrogens with zero attached hydrogens (tertiary/aromatic N) is 1. The van der Waals surface area contributed by atoms with Gasteiger partial charge in [-0.05, 0) is 66.8 Å². The predicted octanol–water partition coefficient (Wildman–Crippen LogP) is 5.90. The van der Waals surface area contributed by atoms with Crippen molar-refractivity contribution in [3.63, 3.8) is 0 Å². The van der Waals surface area contributed by atoms with Crippen molar-refractivity contribution in [2.45, 2.75) is 52.6 Å². The molecule has 0 saturated heterocycles. The van der Waals surface area contributed by atoms with Crippen LogP contribution < -0.4 is 14.8 Å². The van der Waals surface area contributed by atoms with Crippen molar-refractivity contribution in [1.29, 1.82) is 0 Å². The Kier molecular flexibility index (Phi) is 11.0. The first-order valence-corrected chi connectivity index (χ1v) is 13.3. The Morgan fingerprint density at radius 2 is 1.63 bits per heavy atom. The number of amides is 2. The molecule has 0 aromatic heterocycles. The molecule has 6 nitrogen and oxygen atoms in total. The van der Waals surface area contributed by atoms with Crippen LogP contribution in [0.5, 0.6) is 11.5 Å². The third-order valence-electron chi connectivity index (χ3n) is 6.36. The zero-order valence-electron chi connectivity index (χ0n) is 22.6. The predicted molar refractivity (Wildman–Crippen MR) is 152 cm³/mol. The second kappa shape index (κ2) is 14.4. The number of ether oxygens (including phenoxy) is 2. The van der Waals surface area contributed by atoms with Crippen molar-refractivity contribution in [1.82, 2.24) is 10.2 Å². The van der Waals surface area contributed by atoms with Gasteiger partial charge in [-0.3, -0.25) is 9.59 Å². The van der Waals surface area contributed by atoms with Gasteiger partial charge in [-0.1, -0.05) is 67.4 Å². The Morgan fingerprint density at radius 3 is 2.29 bits per heavy atom. The summed E-state index contributed by atoms with van der Waals surface area (Å²) in [5.74, 6) is 0.776. The van der Waals surface area contributed by atoms with Crippen LogP contribution in [0.4, 0.5) is 0 Å². The van der Waals surface area contributed by atoms with E-state index in [0.29, 0.717) is 29.5 Å². The summed E-state index contributed by atoms with van der Waals surface area (Å²) in [6, 6.07) is 20.2. The van der Waals surface area contributed by atoms with Gasteiger partial charge < -0.3 is 19.7 Å². The number of carbonyl (C=O) groups excluding carboxylic acids is 2. The second-order valence-corrected chi connectivity index (χ2v) is 9.76. The first kappa shape index (κ1) is 29.1. The Balaban J connectivity index is 1.92. The number of methoxy groups -OCH3 is 1. The molecule has 202 valence electrons. The molecule has 7 heteroatoms. The fourth-order valence-electron chi connectivity index (χ4n) is 4.25. The van der Waals surface area contributed by atoms with Crippen LogP contribution in [0.15, 0.2) is 66.7 Å². The van der Waals surface area contributed by atoms with Gasteiger partial charge >= 0.3 is 0 Å². The van der Waals surface area contributed by atoms with Crippen LogP contribution in [0.3, 0.4) is 0 Å². The molecule has 3 aromatic carbocycles. The van der Waals surface area contributed by atoms with E-state index >= 15 is 0 Å². The van der Waals surface area contributed by atoms with Crippen molar-refractivity contribution in [3.05, 3.63) is 94.0 Å². The standard InChI is InChI=1S/C31H37ClN2O4/c1-5-6-15-33-31(36)28(19-24-11-8-7-9-12-24)34(20-25-13-10-14-26(18-25)37-4)29(35)21-38-27-16-22(2)30(32)23(3)17-27/h7-14,16-18,28H,5-6,15,19-21H2,1-4H3,(H,33,36). The van der Waals surface area contributed by atoms with Crippen molar-refractivity contribution in [3.8, 4) is 11.5 Å². The van der Waals surface area contributed by atoms with E-state index in [-0.39, 0.29) is 25.0 Å². The normalized spacial score (nSPS) is 11.5. The molecule has 1 N–H and O–H groups in total. The lowest BCUT2D eigenvalue weighted by Gasteiger charge is -2.31. The number of carbonyl (C=O) groups is 2. The molecule has 2 amide bonds. The molecule has 0 bridgehead atoms. The first-order valence-electron chi connectivity index (χ1n) is 13.0. The van der Waals surface area contributed by atoms with Crippen molar-refractivity contribution in [2.75, 3.05) is 20.3 Å². The molecule has 0 aliphatic rings. The van der Waals surface area contributed by atoms with E-state index in [4.69, 9.17) is 21.1 Å². The minimum atomic E-state index is -0.717. The molecule has 3 aromatic rings. The molecule has 0 heterocycles. The van der Waals surface area contributed by atoms with Crippen molar-refractivity contribution in [2.24, 2.45) is 0 Å². The Hall–Kier alpha value is -3.51. The third-order valence-corrected chi connectivity index (χ3v) is 6.96. The van der Waals surface area contributed by atoms with E-state index in [9.17, 15) is 9.59 Å². The molecule has 0 spiro atoms. The zero-order chi connectivity index (χ0) is 27.5. The van der Waals surface area contributed by atoms with Crippen LogP contribution >= 0.6 is 11.6 Å². The van der Waals surface area contributed by atoms with Crippen LogP contribution in [-0.4, -0.2) is 43.0 Å². The van der Waals surface area contributed by atoms with E-state index in [1.165, 1.54) is 0 Å². The Bertz CT molecular complexity index is 1190. The highest BCUT2D eigenvalue weighted by Crippen LogP contribution is 2.26. The lowest BCUT2D eigenvalue weighted by Crippen LogP contribution is -2.51. The first-order chi connectivity index (χ1) is 18.3. The lowest BCUT2D eigenvalue weighted by atomic mass is 10.0. The lowest BCUT2D eigenvalue weighted by molar-refractivity contribution is -0.142. The number of nitrogens with one attached hydrogen (secondary N) is 1. The van der Waals surface area contributed by atoms with E-state index in [2.05, 4.69) is 12.2 Å². The summed E-state index contributed by atoms with van der Waals surface area (Å²) in [4.78, 5) is 28.8. The highest BCUT2D eigenvalue weighted by Gasteiger charge is 2.30. The average Bonchev–Trinajstić information content (AvgIpc) is 2.92. The molecule has 1 atom stereocenters. The number of rotatable bonds is 13. The third kappa shape index (κ3) is 8.25. The molecule has 3 rings (SSSR count). The number of aryl methyl sites for hydroxylation is 2. The minimum absolute atomic E-state index is 0.184. The fourth-order valence-corrected chi connectivity index (χ4v) is 4.35. The smallest absolute Gasteiger partial charge is 0.261 e. The van der Waals surface area contributed by atoms with Crippen molar-refractivity contribution >= 4 is 23.4 Å². The molecule has 0 radical (unpaired) electrons. The quantitative estimate of drug-likeness (QED) is 0.276. The maximum absolute atomic E-state index is 13.7. The highest BCUT2D eigenvalue weighted by atomic mass is 35.5. The topological polar surface area (TPSA) is 67.9 Å². The van der Waals surface area contributed by atoms with Gasteiger partial charge in [0.25, 0.3) is 5.91 Å². The largest absolute Gasteiger partial charge is 0.497 e. The summed E-state index contributed by atoms with van der Waals surface area (Å²) in [7, 11) is 1.60. The van der Waals surface area contributed by atoms with E-state index in [0.717, 1.165) is 35.1 Å². The van der Waals surface area contributed by atoms with Crippen LogP contribution in [-0.2, 0) is 22.6 Å². The minimum Gasteiger partial charge on any atom is -0.497 e. The number of hydrogen-bond acceptors (Lipinski definition) is 4. The van der Waals surface area contributed by atoms with Crippen LogP contribution in [0.2, 0.25) is 5.02 Å². The van der Waals surface area contributed by atoms with Crippen LogP contribution in [0.25, 0.3) is 0 Å². The maximum atomic E-state index is 13.7. The van der Waals surface area contributed by atoms with Gasteiger partial charge in [0, 0.05) is 24.5 Å².